The molecule has 0 aliphatic rings. The molecule has 0 heterocycles. The molecule has 0 radical (unpaired) electrons. The molecule has 0 amide bonds. The van der Waals surface area contributed by atoms with Gasteiger partial charge in [0.05, 0.1) is 6.10 Å². The van der Waals surface area contributed by atoms with Crippen LogP contribution in [0.4, 0.5) is 0 Å². The van der Waals surface area contributed by atoms with Crippen LogP contribution in [0.3, 0.4) is 0 Å². The van der Waals surface area contributed by atoms with E-state index in [4.69, 9.17) is 4.43 Å². The molecule has 27 heavy (non-hydrogen) atoms. The zero-order valence-electron chi connectivity index (χ0n) is 18.7. The molecular formula is C24H40O2Si. The van der Waals surface area contributed by atoms with Crippen molar-refractivity contribution in [1.29, 1.82) is 0 Å². The van der Waals surface area contributed by atoms with Crippen LogP contribution in [0, 0.1) is 5.41 Å². The van der Waals surface area contributed by atoms with Gasteiger partial charge >= 0.3 is 0 Å². The van der Waals surface area contributed by atoms with Crippen molar-refractivity contribution in [2.24, 2.45) is 5.41 Å². The van der Waals surface area contributed by atoms with Gasteiger partial charge in [-0.25, -0.2) is 0 Å². The summed E-state index contributed by atoms with van der Waals surface area (Å²) in [7, 11) is -1.84. The smallest absolute Gasteiger partial charge is 0.250 e. The highest BCUT2D eigenvalue weighted by molar-refractivity contribution is 6.74. The van der Waals surface area contributed by atoms with Gasteiger partial charge < -0.3 is 9.53 Å². The van der Waals surface area contributed by atoms with E-state index in [0.717, 1.165) is 24.2 Å². The number of hydrogen-bond acceptors (Lipinski definition) is 2. The minimum Gasteiger partial charge on any atom is -0.544 e. The van der Waals surface area contributed by atoms with E-state index in [0.29, 0.717) is 6.42 Å². The third-order valence-electron chi connectivity index (χ3n) is 5.86. The summed E-state index contributed by atoms with van der Waals surface area (Å²) in [6.07, 6.45) is 6.42. The Bertz CT molecular complexity index is 633. The molecule has 0 saturated heterocycles. The number of aliphatic hydroxyl groups is 1. The van der Waals surface area contributed by atoms with Gasteiger partial charge in [-0.05, 0) is 74.4 Å². The van der Waals surface area contributed by atoms with E-state index in [9.17, 15) is 5.11 Å². The summed E-state index contributed by atoms with van der Waals surface area (Å²) in [5, 5.41) is 10.9. The molecule has 1 aromatic carbocycles. The van der Waals surface area contributed by atoms with Gasteiger partial charge in [0.15, 0.2) is 0 Å². The number of aliphatic hydroxyl groups excluding tert-OH is 1. The summed E-state index contributed by atoms with van der Waals surface area (Å²) in [4.78, 5) is 0. The Morgan fingerprint density at radius 1 is 1.15 bits per heavy atom. The Balaban J connectivity index is 2.79. The average molecular weight is 389 g/mol. The Morgan fingerprint density at radius 2 is 1.70 bits per heavy atom. The predicted octanol–water partition coefficient (Wildman–Crippen LogP) is 7.43. The fraction of sp³-hybridized carbons (Fsp3) is 0.583. The minimum atomic E-state index is -1.84. The first-order valence-electron chi connectivity index (χ1n) is 10.0. The van der Waals surface area contributed by atoms with Crippen LogP contribution in [0.1, 0.15) is 72.5 Å². The van der Waals surface area contributed by atoms with Crippen LogP contribution in [0.2, 0.25) is 18.1 Å². The summed E-state index contributed by atoms with van der Waals surface area (Å²) in [5.74, 6) is 0.896. The first-order chi connectivity index (χ1) is 12.3. The Kier molecular flexibility index (Phi) is 8.12. The third-order valence-corrected chi connectivity index (χ3v) is 10.2. The zero-order valence-corrected chi connectivity index (χ0v) is 19.7. The van der Waals surface area contributed by atoms with Gasteiger partial charge in [0.2, 0.25) is 8.32 Å². The number of hydrogen-bond donors (Lipinski definition) is 1. The van der Waals surface area contributed by atoms with Crippen molar-refractivity contribution in [3.8, 4) is 5.75 Å². The fourth-order valence-electron chi connectivity index (χ4n) is 2.74. The van der Waals surface area contributed by atoms with Crippen LogP contribution in [-0.2, 0) is 0 Å². The average Bonchev–Trinajstić information content (AvgIpc) is 2.53. The van der Waals surface area contributed by atoms with Crippen LogP contribution < -0.4 is 4.43 Å². The molecule has 1 N–H and O–H groups in total. The summed E-state index contributed by atoms with van der Waals surface area (Å²) in [5.41, 5.74) is 2.19. The maximum Gasteiger partial charge on any atom is 0.250 e. The highest BCUT2D eigenvalue weighted by atomic mass is 28.4. The second-order valence-corrected chi connectivity index (χ2v) is 14.6. The molecule has 3 heteroatoms. The molecule has 0 aliphatic carbocycles. The van der Waals surface area contributed by atoms with Crippen molar-refractivity contribution in [2.75, 3.05) is 0 Å². The second-order valence-electron chi connectivity index (χ2n) is 9.83. The SMILES string of the molecule is C=CC(C)(CCC=C(C)C)CC(O)c1ccc(O[Si](C)(C)C(C)(C)C)cc1. The molecule has 0 aromatic heterocycles. The van der Waals surface area contributed by atoms with E-state index >= 15 is 0 Å². The van der Waals surface area contributed by atoms with Gasteiger partial charge in [0, 0.05) is 0 Å². The van der Waals surface area contributed by atoms with Gasteiger partial charge in [0.25, 0.3) is 0 Å². The maximum absolute atomic E-state index is 10.8. The summed E-state index contributed by atoms with van der Waals surface area (Å²) >= 11 is 0. The number of rotatable bonds is 9. The molecule has 152 valence electrons. The molecule has 0 aliphatic heterocycles. The van der Waals surface area contributed by atoms with Crippen LogP contribution in [-0.4, -0.2) is 13.4 Å². The third kappa shape index (κ3) is 7.31. The van der Waals surface area contributed by atoms with E-state index in [2.05, 4.69) is 67.3 Å². The largest absolute Gasteiger partial charge is 0.544 e. The summed E-state index contributed by atoms with van der Waals surface area (Å²) in [6, 6.07) is 7.97. The second kappa shape index (κ2) is 9.25. The summed E-state index contributed by atoms with van der Waals surface area (Å²) in [6.45, 7) is 21.6. The topological polar surface area (TPSA) is 29.5 Å². The van der Waals surface area contributed by atoms with Crippen molar-refractivity contribution >= 4 is 8.32 Å². The van der Waals surface area contributed by atoms with E-state index < -0.39 is 14.4 Å². The molecule has 1 aromatic rings. The molecule has 0 spiro atoms. The normalized spacial score (nSPS) is 15.6. The Morgan fingerprint density at radius 3 is 2.15 bits per heavy atom. The van der Waals surface area contributed by atoms with Crippen LogP contribution in [0.5, 0.6) is 5.75 Å². The van der Waals surface area contributed by atoms with Crippen molar-refractivity contribution in [2.45, 2.75) is 85.0 Å². The standard InChI is InChI=1S/C24H40O2Si/c1-10-24(7,17-11-12-19(2)3)18-22(25)20-13-15-21(16-14-20)26-27(8,9)23(4,5)6/h10,12-16,22,25H,1,11,17-18H2,2-9H3. The van der Waals surface area contributed by atoms with E-state index in [1.54, 1.807) is 0 Å². The van der Waals surface area contributed by atoms with Crippen LogP contribution in [0.15, 0.2) is 48.6 Å². The monoisotopic (exact) mass is 388 g/mol. The highest BCUT2D eigenvalue weighted by Crippen LogP contribution is 2.39. The first kappa shape index (κ1) is 23.7. The molecule has 1 rings (SSSR count). The van der Waals surface area contributed by atoms with Gasteiger partial charge in [-0.15, -0.1) is 6.58 Å². The van der Waals surface area contributed by atoms with Gasteiger partial charge in [-0.2, -0.15) is 0 Å². The van der Waals surface area contributed by atoms with Crippen molar-refractivity contribution < 1.29 is 9.53 Å². The van der Waals surface area contributed by atoms with Crippen molar-refractivity contribution in [3.05, 3.63) is 54.1 Å². The van der Waals surface area contributed by atoms with E-state index in [1.807, 2.05) is 30.3 Å². The highest BCUT2D eigenvalue weighted by Gasteiger charge is 2.39. The lowest BCUT2D eigenvalue weighted by Gasteiger charge is -2.36. The lowest BCUT2D eigenvalue weighted by molar-refractivity contribution is 0.122. The van der Waals surface area contributed by atoms with Gasteiger partial charge in [-0.1, -0.05) is 57.6 Å². The molecule has 0 fully saturated rings. The molecule has 2 atom stereocenters. The maximum atomic E-state index is 10.8. The summed E-state index contributed by atoms with van der Waals surface area (Å²) < 4.78 is 6.33. The van der Waals surface area contributed by atoms with E-state index in [1.165, 1.54) is 5.57 Å². The number of benzene rings is 1. The first-order valence-corrected chi connectivity index (χ1v) is 12.9. The predicted molar refractivity (Wildman–Crippen MR) is 121 cm³/mol. The molecular weight excluding hydrogens is 348 g/mol. The molecule has 0 bridgehead atoms. The Hall–Kier alpha value is -1.32. The molecule has 2 nitrogen and oxygen atoms in total. The van der Waals surface area contributed by atoms with Crippen LogP contribution >= 0.6 is 0 Å². The van der Waals surface area contributed by atoms with Gasteiger partial charge in [0.1, 0.15) is 5.75 Å². The zero-order chi connectivity index (χ0) is 20.9. The minimum absolute atomic E-state index is 0.0817. The number of allylic oxidation sites excluding steroid dienone is 3. The molecule has 0 saturated carbocycles. The van der Waals surface area contributed by atoms with Gasteiger partial charge in [-0.3, -0.25) is 0 Å². The lowest BCUT2D eigenvalue weighted by Crippen LogP contribution is -2.43. The van der Waals surface area contributed by atoms with E-state index in [-0.39, 0.29) is 10.5 Å². The van der Waals surface area contributed by atoms with Crippen molar-refractivity contribution in [1.82, 2.24) is 0 Å². The molecule has 2 unspecified atom stereocenters. The lowest BCUT2D eigenvalue weighted by atomic mass is 9.79. The quantitative estimate of drug-likeness (QED) is 0.352. The van der Waals surface area contributed by atoms with Crippen LogP contribution in [0.25, 0.3) is 0 Å². The fourth-order valence-corrected chi connectivity index (χ4v) is 3.77. The Labute approximate surface area is 168 Å². The van der Waals surface area contributed by atoms with Crippen molar-refractivity contribution in [3.63, 3.8) is 0 Å².